The summed E-state index contributed by atoms with van der Waals surface area (Å²) in [5.41, 5.74) is 6.56. The van der Waals surface area contributed by atoms with Gasteiger partial charge in [-0.2, -0.15) is 0 Å². The lowest BCUT2D eigenvalue weighted by molar-refractivity contribution is 0.215. The third-order valence-electron chi connectivity index (χ3n) is 2.44. The Morgan fingerprint density at radius 3 is 2.56 bits per heavy atom. The minimum absolute atomic E-state index is 0.442. The lowest BCUT2D eigenvalue weighted by Gasteiger charge is -2.10. The lowest BCUT2D eigenvalue weighted by Crippen LogP contribution is -2.11. The summed E-state index contributed by atoms with van der Waals surface area (Å²) in [5.74, 6) is 1.56. The first-order valence-corrected chi connectivity index (χ1v) is 5.84. The maximum Gasteiger partial charge on any atom is 0.142 e. The molecule has 2 rings (SSSR count). The molecular weight excluding hydrogens is 228 g/mol. The van der Waals surface area contributed by atoms with E-state index < -0.39 is 0 Å². The van der Waals surface area contributed by atoms with Crippen molar-refractivity contribution in [3.63, 3.8) is 0 Å². The smallest absolute Gasteiger partial charge is 0.142 e. The van der Waals surface area contributed by atoms with Crippen LogP contribution in [0, 0.1) is 0 Å². The van der Waals surface area contributed by atoms with Gasteiger partial charge in [-0.25, -0.2) is 0 Å². The molecule has 0 saturated carbocycles. The average molecular weight is 244 g/mol. The van der Waals surface area contributed by atoms with E-state index in [4.69, 9.17) is 15.2 Å². The van der Waals surface area contributed by atoms with Crippen LogP contribution in [0.25, 0.3) is 0 Å². The zero-order valence-corrected chi connectivity index (χ0v) is 10.1. The Morgan fingerprint density at radius 1 is 1.00 bits per heavy atom. The number of nitrogens with zero attached hydrogens (tertiary/aromatic N) is 1. The molecule has 4 nitrogen and oxygen atoms in total. The van der Waals surface area contributed by atoms with E-state index >= 15 is 0 Å². The summed E-state index contributed by atoms with van der Waals surface area (Å²) >= 11 is 0. The van der Waals surface area contributed by atoms with Crippen LogP contribution in [-0.2, 0) is 6.54 Å². The van der Waals surface area contributed by atoms with Crippen molar-refractivity contribution < 1.29 is 9.47 Å². The lowest BCUT2D eigenvalue weighted by atomic mass is 10.2. The second-order valence-electron chi connectivity index (χ2n) is 3.70. The normalized spacial score (nSPS) is 10.1. The number of ether oxygens (including phenoxy) is 2. The van der Waals surface area contributed by atoms with Gasteiger partial charge >= 0.3 is 0 Å². The van der Waals surface area contributed by atoms with Crippen molar-refractivity contribution in [1.29, 1.82) is 0 Å². The van der Waals surface area contributed by atoms with Crippen LogP contribution >= 0.6 is 0 Å². The highest BCUT2D eigenvalue weighted by Gasteiger charge is 2.01. The standard InChI is InChI=1S/C14H16N2O2/c15-10-12-6-7-16-11-14(12)18-9-8-17-13-4-2-1-3-5-13/h1-7,11H,8-10,15H2. The first kappa shape index (κ1) is 12.4. The molecule has 18 heavy (non-hydrogen) atoms. The molecule has 0 fully saturated rings. The maximum atomic E-state index is 5.61. The number of aromatic nitrogens is 1. The highest BCUT2D eigenvalue weighted by Crippen LogP contribution is 2.15. The minimum Gasteiger partial charge on any atom is -0.490 e. The van der Waals surface area contributed by atoms with E-state index in [-0.39, 0.29) is 0 Å². The molecular formula is C14H16N2O2. The Kier molecular flexibility index (Phi) is 4.55. The van der Waals surface area contributed by atoms with Crippen molar-refractivity contribution in [1.82, 2.24) is 4.98 Å². The van der Waals surface area contributed by atoms with Crippen molar-refractivity contribution in [2.24, 2.45) is 5.73 Å². The predicted octanol–water partition coefficient (Wildman–Crippen LogP) is 2.00. The Bertz CT molecular complexity index is 474. The van der Waals surface area contributed by atoms with Gasteiger partial charge in [0.05, 0.1) is 6.20 Å². The fraction of sp³-hybridized carbons (Fsp3) is 0.214. The molecule has 1 heterocycles. The van der Waals surface area contributed by atoms with Gasteiger partial charge in [0, 0.05) is 18.3 Å². The van der Waals surface area contributed by atoms with Crippen molar-refractivity contribution in [3.8, 4) is 11.5 Å². The van der Waals surface area contributed by atoms with Crippen LogP contribution in [-0.4, -0.2) is 18.2 Å². The monoisotopic (exact) mass is 244 g/mol. The van der Waals surface area contributed by atoms with Gasteiger partial charge in [0.15, 0.2) is 0 Å². The Balaban J connectivity index is 1.78. The van der Waals surface area contributed by atoms with E-state index in [9.17, 15) is 0 Å². The summed E-state index contributed by atoms with van der Waals surface area (Å²) in [6.07, 6.45) is 3.38. The van der Waals surface area contributed by atoms with Crippen molar-refractivity contribution in [2.45, 2.75) is 6.54 Å². The van der Waals surface area contributed by atoms with E-state index in [1.165, 1.54) is 0 Å². The fourth-order valence-corrected chi connectivity index (χ4v) is 1.54. The maximum absolute atomic E-state index is 5.61. The van der Waals surface area contributed by atoms with Crippen LogP contribution in [0.1, 0.15) is 5.56 Å². The Morgan fingerprint density at radius 2 is 1.78 bits per heavy atom. The highest BCUT2D eigenvalue weighted by molar-refractivity contribution is 5.29. The van der Waals surface area contributed by atoms with E-state index in [1.807, 2.05) is 36.4 Å². The second kappa shape index (κ2) is 6.61. The Labute approximate surface area is 106 Å². The van der Waals surface area contributed by atoms with E-state index in [2.05, 4.69) is 4.98 Å². The van der Waals surface area contributed by atoms with Crippen LogP contribution in [0.2, 0.25) is 0 Å². The summed E-state index contributed by atoms with van der Waals surface area (Å²) in [6.45, 7) is 1.40. The molecule has 0 radical (unpaired) electrons. The van der Waals surface area contributed by atoms with E-state index in [0.29, 0.717) is 19.8 Å². The fourth-order valence-electron chi connectivity index (χ4n) is 1.54. The van der Waals surface area contributed by atoms with Gasteiger partial charge in [-0.15, -0.1) is 0 Å². The average Bonchev–Trinajstić information content (AvgIpc) is 2.45. The number of benzene rings is 1. The number of hydrogen-bond donors (Lipinski definition) is 1. The van der Waals surface area contributed by atoms with Crippen LogP contribution in [0.4, 0.5) is 0 Å². The van der Waals surface area contributed by atoms with Gasteiger partial charge < -0.3 is 15.2 Å². The highest BCUT2D eigenvalue weighted by atomic mass is 16.5. The molecule has 0 aliphatic carbocycles. The predicted molar refractivity (Wildman–Crippen MR) is 69.6 cm³/mol. The SMILES string of the molecule is NCc1ccncc1OCCOc1ccccc1. The molecule has 4 heteroatoms. The zero-order valence-electron chi connectivity index (χ0n) is 10.1. The molecule has 0 spiro atoms. The first-order valence-electron chi connectivity index (χ1n) is 5.84. The van der Waals surface area contributed by atoms with Crippen molar-refractivity contribution in [2.75, 3.05) is 13.2 Å². The summed E-state index contributed by atoms with van der Waals surface area (Å²) in [5, 5.41) is 0. The summed E-state index contributed by atoms with van der Waals surface area (Å²) in [6, 6.07) is 11.5. The first-order chi connectivity index (χ1) is 8.90. The van der Waals surface area contributed by atoms with Crippen LogP contribution in [0.15, 0.2) is 48.8 Å². The van der Waals surface area contributed by atoms with Crippen LogP contribution in [0.3, 0.4) is 0 Å². The third-order valence-corrected chi connectivity index (χ3v) is 2.44. The molecule has 0 aliphatic rings. The molecule has 1 aromatic heterocycles. The number of rotatable bonds is 6. The zero-order chi connectivity index (χ0) is 12.6. The van der Waals surface area contributed by atoms with Gasteiger partial charge in [-0.3, -0.25) is 4.98 Å². The summed E-state index contributed by atoms with van der Waals surface area (Å²) < 4.78 is 11.1. The summed E-state index contributed by atoms with van der Waals surface area (Å²) in [4.78, 5) is 4.01. The number of pyridine rings is 1. The molecule has 0 aliphatic heterocycles. The van der Waals surface area contributed by atoms with Crippen LogP contribution in [0.5, 0.6) is 11.5 Å². The molecule has 94 valence electrons. The molecule has 0 saturated heterocycles. The van der Waals surface area contributed by atoms with E-state index in [1.54, 1.807) is 12.4 Å². The summed E-state index contributed by atoms with van der Waals surface area (Å²) in [7, 11) is 0. The van der Waals surface area contributed by atoms with Crippen LogP contribution < -0.4 is 15.2 Å². The quantitative estimate of drug-likeness (QED) is 0.790. The topological polar surface area (TPSA) is 57.4 Å². The van der Waals surface area contributed by atoms with Crippen molar-refractivity contribution in [3.05, 3.63) is 54.4 Å². The molecule has 0 unspecified atom stereocenters. The van der Waals surface area contributed by atoms with Gasteiger partial charge in [-0.05, 0) is 18.2 Å². The van der Waals surface area contributed by atoms with Gasteiger partial charge in [0.2, 0.25) is 0 Å². The van der Waals surface area contributed by atoms with Crippen molar-refractivity contribution >= 4 is 0 Å². The minimum atomic E-state index is 0.442. The number of nitrogens with two attached hydrogens (primary N) is 1. The van der Waals surface area contributed by atoms with Gasteiger partial charge in [0.1, 0.15) is 24.7 Å². The molecule has 0 bridgehead atoms. The molecule has 2 N–H and O–H groups in total. The molecule has 2 aromatic rings. The van der Waals surface area contributed by atoms with Gasteiger partial charge in [0.25, 0.3) is 0 Å². The number of hydrogen-bond acceptors (Lipinski definition) is 4. The molecule has 1 aromatic carbocycles. The largest absolute Gasteiger partial charge is 0.490 e. The second-order valence-corrected chi connectivity index (χ2v) is 3.70. The van der Waals surface area contributed by atoms with Gasteiger partial charge in [-0.1, -0.05) is 18.2 Å². The Hall–Kier alpha value is -2.07. The number of para-hydroxylation sites is 1. The molecule has 0 amide bonds. The third kappa shape index (κ3) is 3.46. The molecule has 0 atom stereocenters. The van der Waals surface area contributed by atoms with E-state index in [0.717, 1.165) is 17.1 Å².